The Bertz CT molecular complexity index is 806. The van der Waals surface area contributed by atoms with Crippen LogP contribution in [0.5, 0.6) is 0 Å². The van der Waals surface area contributed by atoms with Gasteiger partial charge >= 0.3 is 12.1 Å². The Kier molecular flexibility index (Phi) is 6.21. The zero-order valence-electron chi connectivity index (χ0n) is 12.4. The standard InChI is InChI=1S/C14H9F3IN3O3S/c1-24-11(22)5-10-12(23)20-13(25-10)21-19-6-7-2-3-8(18)4-9(7)14(15,16)17/h2-6H,1H3,(H,20,21,23)/b10-5+,19-6?. The number of nitrogens with zero attached hydrogens (tertiary/aromatic N) is 2. The molecule has 1 amide bonds. The van der Waals surface area contributed by atoms with Crippen molar-refractivity contribution in [3.8, 4) is 0 Å². The van der Waals surface area contributed by atoms with Crippen LogP contribution in [-0.2, 0) is 20.5 Å². The van der Waals surface area contributed by atoms with Gasteiger partial charge in [0, 0.05) is 15.2 Å². The van der Waals surface area contributed by atoms with Crippen molar-refractivity contribution in [2.24, 2.45) is 10.2 Å². The normalized spacial score (nSPS) is 18.2. The van der Waals surface area contributed by atoms with Crippen LogP contribution in [0.2, 0.25) is 0 Å². The van der Waals surface area contributed by atoms with Crippen LogP contribution in [0, 0.1) is 3.57 Å². The number of carbonyl (C=O) groups is 2. The molecule has 0 aliphatic carbocycles. The molecule has 1 heterocycles. The van der Waals surface area contributed by atoms with E-state index in [1.54, 1.807) is 22.6 Å². The van der Waals surface area contributed by atoms with Crippen molar-refractivity contribution in [3.05, 3.63) is 43.9 Å². The molecule has 1 aromatic rings. The number of methoxy groups -OCH3 is 1. The molecular weight excluding hydrogens is 474 g/mol. The van der Waals surface area contributed by atoms with Gasteiger partial charge in [-0.2, -0.15) is 18.3 Å². The molecule has 0 spiro atoms. The summed E-state index contributed by atoms with van der Waals surface area (Å²) in [4.78, 5) is 22.8. The Labute approximate surface area is 157 Å². The van der Waals surface area contributed by atoms with Crippen LogP contribution >= 0.6 is 34.4 Å². The number of thioether (sulfide) groups is 1. The van der Waals surface area contributed by atoms with Crippen LogP contribution in [0.15, 0.2) is 39.4 Å². The quantitative estimate of drug-likeness (QED) is 0.236. The minimum absolute atomic E-state index is 0.0375. The summed E-state index contributed by atoms with van der Waals surface area (Å²) in [6.07, 6.45) is -2.60. The SMILES string of the molecule is COC(=O)/C=C1/S/C(=N\N=Cc2ccc(I)cc2C(F)(F)F)NC1=O. The van der Waals surface area contributed by atoms with E-state index in [4.69, 9.17) is 0 Å². The Balaban J connectivity index is 2.19. The van der Waals surface area contributed by atoms with Crippen molar-refractivity contribution in [2.45, 2.75) is 6.18 Å². The van der Waals surface area contributed by atoms with Crippen molar-refractivity contribution in [2.75, 3.05) is 7.11 Å². The van der Waals surface area contributed by atoms with Gasteiger partial charge in [-0.05, 0) is 46.5 Å². The molecule has 0 unspecified atom stereocenters. The fourth-order valence-corrected chi connectivity index (χ4v) is 2.90. The maximum Gasteiger partial charge on any atom is 0.417 e. The summed E-state index contributed by atoms with van der Waals surface area (Å²) in [7, 11) is 1.16. The van der Waals surface area contributed by atoms with Gasteiger partial charge in [0.2, 0.25) is 0 Å². The van der Waals surface area contributed by atoms with Gasteiger partial charge in [0.15, 0.2) is 5.17 Å². The van der Waals surface area contributed by atoms with Gasteiger partial charge in [0.1, 0.15) is 0 Å². The van der Waals surface area contributed by atoms with E-state index in [-0.39, 0.29) is 15.6 Å². The van der Waals surface area contributed by atoms with Crippen LogP contribution in [0.3, 0.4) is 0 Å². The lowest BCUT2D eigenvalue weighted by Gasteiger charge is -2.09. The molecule has 1 aromatic carbocycles. The second-order valence-electron chi connectivity index (χ2n) is 4.47. The van der Waals surface area contributed by atoms with Crippen LogP contribution in [0.25, 0.3) is 0 Å². The highest BCUT2D eigenvalue weighted by Crippen LogP contribution is 2.32. The largest absolute Gasteiger partial charge is 0.466 e. The van der Waals surface area contributed by atoms with E-state index >= 15 is 0 Å². The van der Waals surface area contributed by atoms with E-state index in [1.165, 1.54) is 12.1 Å². The number of nitrogens with one attached hydrogen (secondary N) is 1. The van der Waals surface area contributed by atoms with Crippen LogP contribution in [-0.4, -0.2) is 30.4 Å². The molecule has 1 N–H and O–H groups in total. The first-order valence-electron chi connectivity index (χ1n) is 6.47. The number of amides is 1. The second-order valence-corrected chi connectivity index (χ2v) is 6.74. The van der Waals surface area contributed by atoms with E-state index < -0.39 is 23.6 Å². The molecule has 132 valence electrons. The number of alkyl halides is 3. The first-order valence-corrected chi connectivity index (χ1v) is 8.37. The molecule has 0 atom stereocenters. The van der Waals surface area contributed by atoms with Crippen LogP contribution in [0.1, 0.15) is 11.1 Å². The summed E-state index contributed by atoms with van der Waals surface area (Å²) in [5.74, 6) is -1.29. The minimum atomic E-state index is -4.53. The molecule has 6 nitrogen and oxygen atoms in total. The molecule has 1 fully saturated rings. The molecule has 0 bridgehead atoms. The Morgan fingerprint density at radius 3 is 2.76 bits per heavy atom. The number of halogens is 4. The third kappa shape index (κ3) is 5.29. The molecule has 0 saturated carbocycles. The maximum atomic E-state index is 13.0. The van der Waals surface area contributed by atoms with E-state index in [1.807, 2.05) is 0 Å². The zero-order valence-corrected chi connectivity index (χ0v) is 15.4. The number of carbonyl (C=O) groups excluding carboxylic acids is 2. The first-order chi connectivity index (χ1) is 11.7. The average molecular weight is 483 g/mol. The van der Waals surface area contributed by atoms with Gasteiger partial charge in [0.05, 0.1) is 23.8 Å². The molecule has 11 heteroatoms. The summed E-state index contributed by atoms with van der Waals surface area (Å²) in [6.45, 7) is 0. The van der Waals surface area contributed by atoms with E-state index in [0.717, 1.165) is 37.2 Å². The molecule has 1 aliphatic rings. The molecule has 0 aromatic heterocycles. The monoisotopic (exact) mass is 483 g/mol. The lowest BCUT2D eigenvalue weighted by atomic mass is 10.1. The number of rotatable bonds is 3. The van der Waals surface area contributed by atoms with Crippen molar-refractivity contribution in [1.82, 2.24) is 5.32 Å². The minimum Gasteiger partial charge on any atom is -0.466 e. The van der Waals surface area contributed by atoms with Crippen LogP contribution in [0.4, 0.5) is 13.2 Å². The Morgan fingerprint density at radius 1 is 1.40 bits per heavy atom. The average Bonchev–Trinajstić information content (AvgIpc) is 2.87. The smallest absolute Gasteiger partial charge is 0.417 e. The highest BCUT2D eigenvalue weighted by molar-refractivity contribution is 14.1. The molecule has 0 radical (unpaired) electrons. The second kappa shape index (κ2) is 7.99. The topological polar surface area (TPSA) is 80.1 Å². The number of hydrogen-bond acceptors (Lipinski definition) is 6. The lowest BCUT2D eigenvalue weighted by Crippen LogP contribution is -2.19. The number of esters is 1. The molecule has 25 heavy (non-hydrogen) atoms. The Hall–Kier alpha value is -1.89. The van der Waals surface area contributed by atoms with Gasteiger partial charge < -0.3 is 4.74 Å². The highest BCUT2D eigenvalue weighted by atomic mass is 127. The molecular formula is C14H9F3IN3O3S. The summed E-state index contributed by atoms with van der Waals surface area (Å²) in [6, 6.07) is 3.78. The maximum absolute atomic E-state index is 13.0. The van der Waals surface area contributed by atoms with E-state index in [2.05, 4.69) is 20.3 Å². The predicted molar refractivity (Wildman–Crippen MR) is 95.0 cm³/mol. The summed E-state index contributed by atoms with van der Waals surface area (Å²) in [5, 5.41) is 9.60. The van der Waals surface area contributed by atoms with Gasteiger partial charge in [-0.1, -0.05) is 6.07 Å². The summed E-state index contributed by atoms with van der Waals surface area (Å²) >= 11 is 2.60. The first kappa shape index (κ1) is 19.4. The van der Waals surface area contributed by atoms with Crippen molar-refractivity contribution >= 4 is 57.6 Å². The third-order valence-electron chi connectivity index (χ3n) is 2.77. The number of benzene rings is 1. The number of ether oxygens (including phenoxy) is 1. The van der Waals surface area contributed by atoms with Crippen LogP contribution < -0.4 is 5.32 Å². The fraction of sp³-hybridized carbons (Fsp3) is 0.143. The summed E-state index contributed by atoms with van der Waals surface area (Å²) in [5.41, 5.74) is -0.991. The highest BCUT2D eigenvalue weighted by Gasteiger charge is 2.33. The molecule has 1 aliphatic heterocycles. The number of amidine groups is 1. The fourth-order valence-electron chi connectivity index (χ4n) is 1.67. The third-order valence-corrected chi connectivity index (χ3v) is 4.34. The van der Waals surface area contributed by atoms with Gasteiger partial charge in [-0.15, -0.1) is 5.10 Å². The molecule has 2 rings (SSSR count). The van der Waals surface area contributed by atoms with Crippen molar-refractivity contribution < 1.29 is 27.5 Å². The summed E-state index contributed by atoms with van der Waals surface area (Å²) < 4.78 is 43.8. The zero-order chi connectivity index (χ0) is 18.6. The lowest BCUT2D eigenvalue weighted by molar-refractivity contribution is -0.137. The van der Waals surface area contributed by atoms with Crippen molar-refractivity contribution in [1.29, 1.82) is 0 Å². The van der Waals surface area contributed by atoms with Gasteiger partial charge in [-0.3, -0.25) is 10.1 Å². The van der Waals surface area contributed by atoms with Gasteiger partial charge in [0.25, 0.3) is 5.91 Å². The number of hydrogen-bond donors (Lipinski definition) is 1. The molecule has 1 saturated heterocycles. The van der Waals surface area contributed by atoms with Gasteiger partial charge in [-0.25, -0.2) is 4.79 Å². The van der Waals surface area contributed by atoms with E-state index in [0.29, 0.717) is 3.57 Å². The predicted octanol–water partition coefficient (Wildman–Crippen LogP) is 2.92. The van der Waals surface area contributed by atoms with Crippen molar-refractivity contribution in [3.63, 3.8) is 0 Å². The Morgan fingerprint density at radius 2 is 2.12 bits per heavy atom. The van der Waals surface area contributed by atoms with E-state index in [9.17, 15) is 22.8 Å².